The summed E-state index contributed by atoms with van der Waals surface area (Å²) in [7, 11) is -3.68. The van der Waals surface area contributed by atoms with Gasteiger partial charge in [0.1, 0.15) is 5.75 Å². The first-order valence-corrected chi connectivity index (χ1v) is 9.71. The van der Waals surface area contributed by atoms with E-state index in [1.54, 1.807) is 0 Å². The van der Waals surface area contributed by atoms with Gasteiger partial charge in [-0.05, 0) is 18.2 Å². The number of methoxy groups -OCH3 is 1. The fourth-order valence-corrected chi connectivity index (χ4v) is 3.04. The number of halogens is 7. The first kappa shape index (κ1) is 24.7. The number of primary sulfonamides is 1. The molecule has 16 heteroatoms. The van der Waals surface area contributed by atoms with Crippen molar-refractivity contribution >= 4 is 21.6 Å². The molecule has 0 aliphatic rings. The SMILES string of the molecule is COc1ccc(-c2nc(OCC(F)(F)F)c(S(N)(=O)=O)c(OCC(F)(F)F)n2)cc1Cl. The van der Waals surface area contributed by atoms with E-state index in [1.807, 2.05) is 0 Å². The third-order valence-electron chi connectivity index (χ3n) is 3.24. The number of hydrogen-bond acceptors (Lipinski definition) is 7. The van der Waals surface area contributed by atoms with Crippen LogP contribution in [0.25, 0.3) is 11.4 Å². The number of aromatic nitrogens is 2. The van der Waals surface area contributed by atoms with Gasteiger partial charge in [0, 0.05) is 5.56 Å². The average Bonchev–Trinajstić information content (AvgIpc) is 2.62. The van der Waals surface area contributed by atoms with Crippen LogP contribution in [0, 0.1) is 0 Å². The number of ether oxygens (including phenoxy) is 3. The van der Waals surface area contributed by atoms with E-state index in [4.69, 9.17) is 21.5 Å². The molecule has 1 heterocycles. The molecular formula is C15H12ClF6N3O5S. The fraction of sp³-hybridized carbons (Fsp3) is 0.333. The lowest BCUT2D eigenvalue weighted by Crippen LogP contribution is -2.25. The van der Waals surface area contributed by atoms with Crippen LogP contribution in [-0.2, 0) is 10.0 Å². The summed E-state index contributed by atoms with van der Waals surface area (Å²) >= 11 is 5.95. The Labute approximate surface area is 175 Å². The van der Waals surface area contributed by atoms with Gasteiger partial charge in [0.2, 0.25) is 26.7 Å². The summed E-state index contributed by atoms with van der Waals surface area (Å²) in [4.78, 5) is 5.74. The van der Waals surface area contributed by atoms with Crippen LogP contribution in [0.15, 0.2) is 23.1 Å². The molecule has 0 aliphatic carbocycles. The number of nitrogens with two attached hydrogens (primary N) is 1. The van der Waals surface area contributed by atoms with E-state index < -0.39 is 58.1 Å². The van der Waals surface area contributed by atoms with Crippen molar-refractivity contribution in [1.82, 2.24) is 9.97 Å². The van der Waals surface area contributed by atoms with Gasteiger partial charge in [-0.25, -0.2) is 13.6 Å². The third-order valence-corrected chi connectivity index (χ3v) is 4.46. The minimum Gasteiger partial charge on any atom is -0.495 e. The molecule has 2 N–H and O–H groups in total. The molecule has 31 heavy (non-hydrogen) atoms. The van der Waals surface area contributed by atoms with Crippen LogP contribution in [0.5, 0.6) is 17.5 Å². The van der Waals surface area contributed by atoms with E-state index in [0.717, 1.165) is 0 Å². The Bertz CT molecular complexity index is 1020. The summed E-state index contributed by atoms with van der Waals surface area (Å²) in [6, 6.07) is 3.74. The summed E-state index contributed by atoms with van der Waals surface area (Å²) < 4.78 is 113. The standard InChI is InChI=1S/C15H12ClF6N3O5S/c1-28-9-3-2-7(4-8(9)16)11-24-12(29-5-14(17,18)19)10(31(23,26)27)13(25-11)30-6-15(20,21)22/h2-4H,5-6H2,1H3,(H2,23,26,27). The number of rotatable bonds is 7. The molecule has 0 radical (unpaired) electrons. The predicted octanol–water partition coefficient (Wildman–Crippen LogP) is 3.34. The van der Waals surface area contributed by atoms with Crippen molar-refractivity contribution in [2.75, 3.05) is 20.3 Å². The van der Waals surface area contributed by atoms with Crippen LogP contribution < -0.4 is 19.3 Å². The number of benzene rings is 1. The Morgan fingerprint density at radius 1 is 1.00 bits per heavy atom. The lowest BCUT2D eigenvalue weighted by molar-refractivity contribution is -0.155. The minimum atomic E-state index is -4.97. The average molecular weight is 496 g/mol. The summed E-state index contributed by atoms with van der Waals surface area (Å²) in [6.45, 7) is -4.04. The molecule has 0 atom stereocenters. The predicted molar refractivity (Wildman–Crippen MR) is 93.5 cm³/mol. The van der Waals surface area contributed by atoms with Gasteiger partial charge in [-0.3, -0.25) is 0 Å². The van der Waals surface area contributed by atoms with Gasteiger partial charge in [-0.15, -0.1) is 0 Å². The first-order valence-electron chi connectivity index (χ1n) is 7.78. The summed E-state index contributed by atoms with van der Waals surface area (Å²) in [5.41, 5.74) is -0.0273. The first-order chi connectivity index (χ1) is 14.1. The van der Waals surface area contributed by atoms with Crippen molar-refractivity contribution < 1.29 is 49.0 Å². The Hall–Kier alpha value is -2.52. The molecule has 0 fully saturated rings. The molecule has 0 bridgehead atoms. The van der Waals surface area contributed by atoms with E-state index in [9.17, 15) is 34.8 Å². The molecule has 0 spiro atoms. The smallest absolute Gasteiger partial charge is 0.422 e. The van der Waals surface area contributed by atoms with Gasteiger partial charge < -0.3 is 14.2 Å². The zero-order valence-electron chi connectivity index (χ0n) is 15.2. The zero-order chi connectivity index (χ0) is 23.6. The number of hydrogen-bond donors (Lipinski definition) is 1. The molecule has 0 aliphatic heterocycles. The number of sulfonamides is 1. The largest absolute Gasteiger partial charge is 0.495 e. The van der Waals surface area contributed by atoms with Crippen LogP contribution in [0.2, 0.25) is 5.02 Å². The highest BCUT2D eigenvalue weighted by atomic mass is 35.5. The molecule has 8 nitrogen and oxygen atoms in total. The maximum absolute atomic E-state index is 12.6. The highest BCUT2D eigenvalue weighted by molar-refractivity contribution is 7.89. The van der Waals surface area contributed by atoms with E-state index in [2.05, 4.69) is 19.4 Å². The normalized spacial score (nSPS) is 12.5. The Morgan fingerprint density at radius 2 is 1.48 bits per heavy atom. The quantitative estimate of drug-likeness (QED) is 0.586. The Balaban J connectivity index is 2.69. The Morgan fingerprint density at radius 3 is 1.84 bits per heavy atom. The van der Waals surface area contributed by atoms with Gasteiger partial charge in [0.25, 0.3) is 0 Å². The molecular weight excluding hydrogens is 484 g/mol. The molecule has 0 saturated heterocycles. The van der Waals surface area contributed by atoms with Crippen molar-refractivity contribution in [2.24, 2.45) is 5.14 Å². The van der Waals surface area contributed by atoms with E-state index >= 15 is 0 Å². The van der Waals surface area contributed by atoms with Crippen molar-refractivity contribution in [3.05, 3.63) is 23.2 Å². The molecule has 0 saturated carbocycles. The second-order valence-corrected chi connectivity index (χ2v) is 7.59. The van der Waals surface area contributed by atoms with Crippen LogP contribution in [0.4, 0.5) is 26.3 Å². The van der Waals surface area contributed by atoms with Crippen LogP contribution in [0.1, 0.15) is 0 Å². The Kier molecular flexibility index (Phi) is 7.12. The molecule has 172 valence electrons. The van der Waals surface area contributed by atoms with Crippen molar-refractivity contribution in [3.8, 4) is 28.9 Å². The summed E-state index contributed by atoms with van der Waals surface area (Å²) in [5, 5.41) is 4.91. The monoisotopic (exact) mass is 495 g/mol. The number of alkyl halides is 6. The second kappa shape index (κ2) is 8.92. The van der Waals surface area contributed by atoms with E-state index in [0.29, 0.717) is 0 Å². The van der Waals surface area contributed by atoms with E-state index in [-0.39, 0.29) is 16.3 Å². The maximum atomic E-state index is 12.6. The fourth-order valence-electron chi connectivity index (χ4n) is 2.08. The van der Waals surface area contributed by atoms with Gasteiger partial charge in [0.15, 0.2) is 19.0 Å². The van der Waals surface area contributed by atoms with E-state index in [1.165, 1.54) is 25.3 Å². The topological polar surface area (TPSA) is 114 Å². The second-order valence-electron chi connectivity index (χ2n) is 5.69. The van der Waals surface area contributed by atoms with Crippen molar-refractivity contribution in [2.45, 2.75) is 17.2 Å². The number of nitrogens with zero attached hydrogens (tertiary/aromatic N) is 2. The molecule has 0 amide bonds. The highest BCUT2D eigenvalue weighted by Crippen LogP contribution is 2.36. The van der Waals surface area contributed by atoms with Crippen LogP contribution in [-0.4, -0.2) is 51.1 Å². The van der Waals surface area contributed by atoms with Crippen molar-refractivity contribution in [3.63, 3.8) is 0 Å². The molecule has 1 aromatic carbocycles. The van der Waals surface area contributed by atoms with Gasteiger partial charge in [0.05, 0.1) is 12.1 Å². The lowest BCUT2D eigenvalue weighted by Gasteiger charge is -2.16. The van der Waals surface area contributed by atoms with Gasteiger partial charge in [-0.1, -0.05) is 11.6 Å². The van der Waals surface area contributed by atoms with Crippen molar-refractivity contribution in [1.29, 1.82) is 0 Å². The summed E-state index contributed by atoms with van der Waals surface area (Å²) in [5.74, 6) is -2.87. The van der Waals surface area contributed by atoms with Gasteiger partial charge in [-0.2, -0.15) is 36.3 Å². The maximum Gasteiger partial charge on any atom is 0.422 e. The summed E-state index contributed by atoms with van der Waals surface area (Å²) in [6.07, 6.45) is -9.87. The molecule has 2 aromatic rings. The molecule has 1 aromatic heterocycles. The minimum absolute atomic E-state index is 0.00496. The molecule has 0 unspecified atom stereocenters. The van der Waals surface area contributed by atoms with Crippen LogP contribution in [0.3, 0.4) is 0 Å². The highest BCUT2D eigenvalue weighted by Gasteiger charge is 2.35. The van der Waals surface area contributed by atoms with Gasteiger partial charge >= 0.3 is 12.4 Å². The molecule has 2 rings (SSSR count). The van der Waals surface area contributed by atoms with Crippen LogP contribution >= 0.6 is 11.6 Å². The lowest BCUT2D eigenvalue weighted by atomic mass is 10.2. The zero-order valence-corrected chi connectivity index (χ0v) is 16.8. The third kappa shape index (κ3) is 7.00.